The van der Waals surface area contributed by atoms with E-state index in [4.69, 9.17) is 4.74 Å². The van der Waals surface area contributed by atoms with Crippen molar-refractivity contribution >= 4 is 11.9 Å². The molecule has 2 aromatic carbocycles. The van der Waals surface area contributed by atoms with Gasteiger partial charge in [0.05, 0.1) is 19.3 Å². The molecule has 1 heterocycles. The number of amides is 3. The number of aryl methyl sites for hydroxylation is 1. The Morgan fingerprint density at radius 3 is 2.43 bits per heavy atom. The summed E-state index contributed by atoms with van der Waals surface area (Å²) in [5.74, 6) is -0.220. The van der Waals surface area contributed by atoms with Crippen LogP contribution in [0.25, 0.3) is 0 Å². The highest BCUT2D eigenvalue weighted by atomic mass is 16.5. The fourth-order valence-corrected chi connectivity index (χ4v) is 4.50. The SMILES string of the molecule is Cc1ccccc1[C@H](OC[C@@H](O)CN1C(=O)NC2(CCCC2)C1=O)c1ccccc1. The summed E-state index contributed by atoms with van der Waals surface area (Å²) in [6.07, 6.45) is 1.90. The van der Waals surface area contributed by atoms with Crippen LogP contribution < -0.4 is 5.32 Å². The second-order valence-electron chi connectivity index (χ2n) is 8.27. The molecule has 1 saturated heterocycles. The van der Waals surface area contributed by atoms with Gasteiger partial charge >= 0.3 is 6.03 Å². The lowest BCUT2D eigenvalue weighted by Crippen LogP contribution is -2.45. The van der Waals surface area contributed by atoms with Crippen molar-refractivity contribution in [2.24, 2.45) is 0 Å². The van der Waals surface area contributed by atoms with Gasteiger partial charge < -0.3 is 15.2 Å². The van der Waals surface area contributed by atoms with Gasteiger partial charge in [0.2, 0.25) is 0 Å². The number of hydrogen-bond donors (Lipinski definition) is 2. The quantitative estimate of drug-likeness (QED) is 0.689. The van der Waals surface area contributed by atoms with E-state index in [1.54, 1.807) is 0 Å². The van der Waals surface area contributed by atoms with Crippen molar-refractivity contribution < 1.29 is 19.4 Å². The Hall–Kier alpha value is -2.70. The van der Waals surface area contributed by atoms with Gasteiger partial charge in [-0.3, -0.25) is 9.69 Å². The van der Waals surface area contributed by atoms with Crippen LogP contribution in [0.1, 0.15) is 48.5 Å². The second kappa shape index (κ2) is 8.58. The molecule has 2 aromatic rings. The summed E-state index contributed by atoms with van der Waals surface area (Å²) in [6, 6.07) is 17.4. The van der Waals surface area contributed by atoms with Gasteiger partial charge in [0.15, 0.2) is 0 Å². The van der Waals surface area contributed by atoms with Crippen LogP contribution >= 0.6 is 0 Å². The maximum atomic E-state index is 12.8. The minimum Gasteiger partial charge on any atom is -0.389 e. The first-order valence-corrected chi connectivity index (χ1v) is 10.5. The van der Waals surface area contributed by atoms with Crippen LogP contribution in [0, 0.1) is 6.92 Å². The smallest absolute Gasteiger partial charge is 0.325 e. The predicted octanol–water partition coefficient (Wildman–Crippen LogP) is 3.33. The van der Waals surface area contributed by atoms with Gasteiger partial charge in [-0.05, 0) is 36.5 Å². The van der Waals surface area contributed by atoms with E-state index in [2.05, 4.69) is 5.32 Å². The largest absolute Gasteiger partial charge is 0.389 e. The van der Waals surface area contributed by atoms with Crippen LogP contribution in [0.4, 0.5) is 4.79 Å². The number of aliphatic hydroxyl groups is 1. The molecule has 1 spiro atoms. The zero-order chi connectivity index (χ0) is 21.1. The number of imide groups is 1. The van der Waals surface area contributed by atoms with E-state index in [0.717, 1.165) is 34.4 Å². The average Bonchev–Trinajstić information content (AvgIpc) is 3.31. The molecule has 4 rings (SSSR count). The lowest BCUT2D eigenvalue weighted by Gasteiger charge is -2.24. The van der Waals surface area contributed by atoms with E-state index in [1.165, 1.54) is 0 Å². The van der Waals surface area contributed by atoms with Crippen molar-refractivity contribution in [3.05, 3.63) is 71.3 Å². The van der Waals surface area contributed by atoms with Crippen molar-refractivity contribution in [1.82, 2.24) is 10.2 Å². The molecule has 6 nitrogen and oxygen atoms in total. The Balaban J connectivity index is 1.44. The Morgan fingerprint density at radius 1 is 1.07 bits per heavy atom. The highest BCUT2D eigenvalue weighted by Crippen LogP contribution is 2.35. The van der Waals surface area contributed by atoms with Gasteiger partial charge in [-0.25, -0.2) is 4.79 Å². The van der Waals surface area contributed by atoms with Gasteiger partial charge in [-0.1, -0.05) is 67.4 Å². The first kappa shape index (κ1) is 20.6. The molecule has 1 saturated carbocycles. The molecular weight excluding hydrogens is 380 g/mol. The van der Waals surface area contributed by atoms with E-state index in [1.807, 2.05) is 61.5 Å². The standard InChI is InChI=1S/C24H28N2O4/c1-17-9-5-6-12-20(17)21(18-10-3-2-4-11-18)30-16-19(27)15-26-22(28)24(25-23(26)29)13-7-8-14-24/h2-6,9-12,19,21,27H,7-8,13-16H2,1H3,(H,25,29)/t19-,21+/m0/s1. The summed E-state index contributed by atoms with van der Waals surface area (Å²) in [4.78, 5) is 26.3. The number of nitrogens with one attached hydrogen (secondary N) is 1. The lowest BCUT2D eigenvalue weighted by molar-refractivity contribution is -0.132. The van der Waals surface area contributed by atoms with Gasteiger partial charge in [-0.2, -0.15) is 0 Å². The highest BCUT2D eigenvalue weighted by Gasteiger charge is 2.52. The van der Waals surface area contributed by atoms with Gasteiger partial charge in [0.25, 0.3) is 5.91 Å². The molecule has 2 N–H and O–H groups in total. The number of urea groups is 1. The molecule has 1 aliphatic heterocycles. The Kier molecular flexibility index (Phi) is 5.88. The van der Waals surface area contributed by atoms with Crippen molar-refractivity contribution in [3.63, 3.8) is 0 Å². The van der Waals surface area contributed by atoms with Crippen LogP contribution in [0.15, 0.2) is 54.6 Å². The number of hydrogen-bond acceptors (Lipinski definition) is 4. The Bertz CT molecular complexity index is 908. The van der Waals surface area contributed by atoms with Crippen molar-refractivity contribution in [1.29, 1.82) is 0 Å². The Labute approximate surface area is 176 Å². The van der Waals surface area contributed by atoms with Crippen LogP contribution in [0.5, 0.6) is 0 Å². The number of carbonyl (C=O) groups is 2. The Morgan fingerprint density at radius 2 is 1.73 bits per heavy atom. The molecule has 0 radical (unpaired) electrons. The van der Waals surface area contributed by atoms with Crippen LogP contribution in [0.2, 0.25) is 0 Å². The molecule has 3 amide bonds. The highest BCUT2D eigenvalue weighted by molar-refractivity contribution is 6.07. The van der Waals surface area contributed by atoms with Crippen molar-refractivity contribution in [3.8, 4) is 0 Å². The van der Waals surface area contributed by atoms with Crippen LogP contribution in [0.3, 0.4) is 0 Å². The number of carbonyl (C=O) groups excluding carboxylic acids is 2. The van der Waals surface area contributed by atoms with E-state index >= 15 is 0 Å². The second-order valence-corrected chi connectivity index (χ2v) is 8.27. The lowest BCUT2D eigenvalue weighted by atomic mass is 9.97. The molecular formula is C24H28N2O4. The van der Waals surface area contributed by atoms with Gasteiger partial charge in [-0.15, -0.1) is 0 Å². The zero-order valence-electron chi connectivity index (χ0n) is 17.2. The maximum absolute atomic E-state index is 12.8. The van der Waals surface area contributed by atoms with E-state index in [0.29, 0.717) is 12.8 Å². The minimum atomic E-state index is -0.966. The summed E-state index contributed by atoms with van der Waals surface area (Å²) >= 11 is 0. The van der Waals surface area contributed by atoms with Gasteiger partial charge in [0.1, 0.15) is 11.6 Å². The van der Waals surface area contributed by atoms with E-state index in [9.17, 15) is 14.7 Å². The molecule has 0 bridgehead atoms. The summed E-state index contributed by atoms with van der Waals surface area (Å²) in [7, 11) is 0. The van der Waals surface area contributed by atoms with E-state index < -0.39 is 17.7 Å². The normalized spacial score (nSPS) is 19.9. The molecule has 158 valence electrons. The van der Waals surface area contributed by atoms with Crippen molar-refractivity contribution in [2.75, 3.05) is 13.2 Å². The molecule has 1 aliphatic carbocycles. The fraction of sp³-hybridized carbons (Fsp3) is 0.417. The average molecular weight is 408 g/mol. The summed E-state index contributed by atoms with van der Waals surface area (Å²) in [5, 5.41) is 13.4. The van der Waals surface area contributed by atoms with E-state index in [-0.39, 0.29) is 25.2 Å². The molecule has 2 aliphatic rings. The van der Waals surface area contributed by atoms with Crippen LogP contribution in [-0.4, -0.2) is 46.7 Å². The molecule has 0 unspecified atom stereocenters. The third kappa shape index (κ3) is 3.98. The van der Waals surface area contributed by atoms with Crippen LogP contribution in [-0.2, 0) is 9.53 Å². The minimum absolute atomic E-state index is 0.0119. The zero-order valence-corrected chi connectivity index (χ0v) is 17.2. The fourth-order valence-electron chi connectivity index (χ4n) is 4.50. The number of β-amino-alcohol motifs (C(OH)–C–C–N with tert-alkyl or cyclic N) is 1. The summed E-state index contributed by atoms with van der Waals surface area (Å²) < 4.78 is 6.13. The number of rotatable bonds is 7. The molecule has 0 aromatic heterocycles. The molecule has 2 fully saturated rings. The maximum Gasteiger partial charge on any atom is 0.325 e. The first-order chi connectivity index (χ1) is 14.5. The first-order valence-electron chi connectivity index (χ1n) is 10.5. The molecule has 6 heteroatoms. The van der Waals surface area contributed by atoms with Gasteiger partial charge in [0, 0.05) is 0 Å². The molecule has 2 atom stereocenters. The number of aliphatic hydroxyl groups excluding tert-OH is 1. The topological polar surface area (TPSA) is 78.9 Å². The number of benzene rings is 2. The summed E-state index contributed by atoms with van der Waals surface area (Å²) in [5.41, 5.74) is 2.35. The number of nitrogens with zero attached hydrogens (tertiary/aromatic N) is 1. The monoisotopic (exact) mass is 408 g/mol. The third-order valence-electron chi connectivity index (χ3n) is 6.12. The molecule has 30 heavy (non-hydrogen) atoms. The van der Waals surface area contributed by atoms with Crippen molar-refractivity contribution in [2.45, 2.75) is 50.4 Å². The predicted molar refractivity (Wildman–Crippen MR) is 113 cm³/mol. The summed E-state index contributed by atoms with van der Waals surface area (Å²) in [6.45, 7) is 1.97. The number of ether oxygens (including phenoxy) is 1. The third-order valence-corrected chi connectivity index (χ3v) is 6.12.